The highest BCUT2D eigenvalue weighted by Crippen LogP contribution is 2.29. The van der Waals surface area contributed by atoms with Crippen molar-refractivity contribution in [2.24, 2.45) is 0 Å². The molecule has 2 aromatic rings. The molecule has 1 unspecified atom stereocenters. The molecule has 5 N–H and O–H groups in total. The topological polar surface area (TPSA) is 91.4 Å². The number of nitrogens with one attached hydrogen (secondary N) is 1. The quantitative estimate of drug-likeness (QED) is 0.609. The lowest BCUT2D eigenvalue weighted by molar-refractivity contribution is 0.105. The molecule has 1 aromatic heterocycles. The average molecular weight is 253 g/mol. The van der Waals surface area contributed by atoms with E-state index in [-0.39, 0.29) is 13.2 Å². The van der Waals surface area contributed by atoms with Crippen LogP contribution in [0.15, 0.2) is 12.1 Å². The van der Waals surface area contributed by atoms with E-state index in [1.807, 2.05) is 19.1 Å². The van der Waals surface area contributed by atoms with Crippen LogP contribution in [0.1, 0.15) is 5.01 Å². The molecule has 0 bridgehead atoms. The van der Waals surface area contributed by atoms with Crippen LogP contribution in [0, 0.1) is 6.92 Å². The number of fused-ring (bicyclic) bond motifs is 1. The number of aryl methyl sites for hydroxylation is 1. The van der Waals surface area contributed by atoms with Crippen LogP contribution in [-0.4, -0.2) is 34.5 Å². The molecular weight excluding hydrogens is 238 g/mol. The molecule has 0 aliphatic heterocycles. The minimum atomic E-state index is -0.790. The average Bonchev–Trinajstić information content (AvgIpc) is 2.64. The van der Waals surface area contributed by atoms with Crippen molar-refractivity contribution in [3.63, 3.8) is 0 Å². The lowest BCUT2D eigenvalue weighted by Gasteiger charge is -2.12. The molecule has 2 rings (SSSR count). The molecular formula is C11H15N3O2S. The zero-order chi connectivity index (χ0) is 12.4. The number of thiazole rings is 1. The Kier molecular flexibility index (Phi) is 3.46. The maximum Gasteiger partial charge on any atom is 0.0942 e. The second-order valence-electron chi connectivity index (χ2n) is 3.86. The van der Waals surface area contributed by atoms with Crippen molar-refractivity contribution >= 4 is 32.9 Å². The van der Waals surface area contributed by atoms with Gasteiger partial charge in [-0.1, -0.05) is 0 Å². The van der Waals surface area contributed by atoms with Crippen molar-refractivity contribution in [3.8, 4) is 0 Å². The lowest BCUT2D eigenvalue weighted by atomic mass is 10.2. The van der Waals surface area contributed by atoms with Gasteiger partial charge in [-0.05, 0) is 19.1 Å². The number of benzene rings is 1. The van der Waals surface area contributed by atoms with Crippen LogP contribution in [0.2, 0.25) is 0 Å². The number of hydrogen-bond acceptors (Lipinski definition) is 6. The highest BCUT2D eigenvalue weighted by molar-refractivity contribution is 7.18. The number of nitrogens with zero attached hydrogens (tertiary/aromatic N) is 1. The van der Waals surface area contributed by atoms with Crippen LogP contribution in [0.4, 0.5) is 11.4 Å². The SMILES string of the molecule is Cc1nc2cc(NCC(O)CO)c(N)cc2s1. The van der Waals surface area contributed by atoms with E-state index in [1.165, 1.54) is 0 Å². The Hall–Kier alpha value is -1.37. The Labute approximate surface area is 103 Å². The number of rotatable bonds is 4. The molecule has 17 heavy (non-hydrogen) atoms. The van der Waals surface area contributed by atoms with Gasteiger partial charge in [-0.2, -0.15) is 0 Å². The van der Waals surface area contributed by atoms with Crippen molar-refractivity contribution in [2.75, 3.05) is 24.2 Å². The maximum atomic E-state index is 9.26. The van der Waals surface area contributed by atoms with Gasteiger partial charge in [0, 0.05) is 6.54 Å². The number of aromatic nitrogens is 1. The summed E-state index contributed by atoms with van der Waals surface area (Å²) in [4.78, 5) is 4.37. The zero-order valence-electron chi connectivity index (χ0n) is 9.47. The Balaban J connectivity index is 2.24. The van der Waals surface area contributed by atoms with Gasteiger partial charge in [-0.3, -0.25) is 0 Å². The monoisotopic (exact) mass is 253 g/mol. The summed E-state index contributed by atoms with van der Waals surface area (Å²) in [6.07, 6.45) is -0.790. The second kappa shape index (κ2) is 4.87. The van der Waals surface area contributed by atoms with E-state index in [2.05, 4.69) is 10.3 Å². The Morgan fingerprint density at radius 3 is 3.00 bits per heavy atom. The molecule has 1 heterocycles. The van der Waals surface area contributed by atoms with E-state index in [9.17, 15) is 5.11 Å². The third-order valence-electron chi connectivity index (χ3n) is 2.41. The van der Waals surface area contributed by atoms with E-state index in [1.54, 1.807) is 11.3 Å². The second-order valence-corrected chi connectivity index (χ2v) is 5.09. The highest BCUT2D eigenvalue weighted by Gasteiger charge is 2.07. The Bertz CT molecular complexity index is 527. The Morgan fingerprint density at radius 2 is 2.29 bits per heavy atom. The normalized spacial score (nSPS) is 12.9. The molecule has 0 saturated heterocycles. The van der Waals surface area contributed by atoms with E-state index in [0.717, 1.165) is 20.9 Å². The van der Waals surface area contributed by atoms with Gasteiger partial charge in [-0.25, -0.2) is 4.98 Å². The summed E-state index contributed by atoms with van der Waals surface area (Å²) in [5.74, 6) is 0. The van der Waals surface area contributed by atoms with Gasteiger partial charge in [0.1, 0.15) is 0 Å². The summed E-state index contributed by atoms with van der Waals surface area (Å²) >= 11 is 1.60. The molecule has 0 aliphatic rings. The standard InChI is InChI=1S/C11H15N3O2S/c1-6-14-10-3-9(13-4-7(16)5-15)8(12)2-11(10)17-6/h2-3,7,13,15-16H,4-5,12H2,1H3. The van der Waals surface area contributed by atoms with Gasteiger partial charge < -0.3 is 21.3 Å². The van der Waals surface area contributed by atoms with Gasteiger partial charge in [-0.15, -0.1) is 11.3 Å². The summed E-state index contributed by atoms with van der Waals surface area (Å²) in [5, 5.41) is 22.0. The van der Waals surface area contributed by atoms with Gasteiger partial charge in [0.15, 0.2) is 0 Å². The predicted octanol–water partition coefficient (Wildman–Crippen LogP) is 0.952. The van der Waals surface area contributed by atoms with Crippen LogP contribution in [0.25, 0.3) is 10.2 Å². The fraction of sp³-hybridized carbons (Fsp3) is 0.364. The third-order valence-corrected chi connectivity index (χ3v) is 3.34. The summed E-state index contributed by atoms with van der Waals surface area (Å²) < 4.78 is 1.05. The van der Waals surface area contributed by atoms with Crippen LogP contribution < -0.4 is 11.1 Å². The summed E-state index contributed by atoms with van der Waals surface area (Å²) in [5.41, 5.74) is 8.14. The van der Waals surface area contributed by atoms with Crippen molar-refractivity contribution in [1.82, 2.24) is 4.98 Å². The van der Waals surface area contributed by atoms with Crippen LogP contribution >= 0.6 is 11.3 Å². The molecule has 0 fully saturated rings. The molecule has 0 amide bonds. The Morgan fingerprint density at radius 1 is 1.53 bits per heavy atom. The molecule has 1 aromatic carbocycles. The largest absolute Gasteiger partial charge is 0.397 e. The first kappa shape index (κ1) is 12.1. The summed E-state index contributed by atoms with van der Waals surface area (Å²) in [7, 11) is 0. The van der Waals surface area contributed by atoms with Crippen LogP contribution in [0.5, 0.6) is 0 Å². The first-order valence-corrected chi connectivity index (χ1v) is 6.11. The number of anilines is 2. The first-order chi connectivity index (χ1) is 8.10. The lowest BCUT2D eigenvalue weighted by Crippen LogP contribution is -2.23. The molecule has 6 heteroatoms. The molecule has 0 aliphatic carbocycles. The number of aliphatic hydroxyl groups excluding tert-OH is 2. The number of aliphatic hydroxyl groups is 2. The van der Waals surface area contributed by atoms with Crippen LogP contribution in [-0.2, 0) is 0 Å². The van der Waals surface area contributed by atoms with Crippen molar-refractivity contribution in [3.05, 3.63) is 17.1 Å². The maximum absolute atomic E-state index is 9.26. The predicted molar refractivity (Wildman–Crippen MR) is 70.4 cm³/mol. The minimum absolute atomic E-state index is 0.259. The van der Waals surface area contributed by atoms with Gasteiger partial charge in [0.05, 0.1) is 39.3 Å². The molecule has 5 nitrogen and oxygen atoms in total. The number of nitrogens with two attached hydrogens (primary N) is 1. The smallest absolute Gasteiger partial charge is 0.0942 e. The number of nitrogen functional groups attached to an aromatic ring is 1. The van der Waals surface area contributed by atoms with E-state index >= 15 is 0 Å². The van der Waals surface area contributed by atoms with E-state index < -0.39 is 6.10 Å². The van der Waals surface area contributed by atoms with Gasteiger partial charge >= 0.3 is 0 Å². The van der Waals surface area contributed by atoms with E-state index in [4.69, 9.17) is 10.8 Å². The molecule has 0 spiro atoms. The molecule has 0 saturated carbocycles. The molecule has 92 valence electrons. The van der Waals surface area contributed by atoms with Crippen molar-refractivity contribution in [2.45, 2.75) is 13.0 Å². The minimum Gasteiger partial charge on any atom is -0.397 e. The fourth-order valence-corrected chi connectivity index (χ4v) is 2.41. The molecule has 1 atom stereocenters. The first-order valence-electron chi connectivity index (χ1n) is 5.29. The van der Waals surface area contributed by atoms with Crippen molar-refractivity contribution < 1.29 is 10.2 Å². The van der Waals surface area contributed by atoms with Crippen molar-refractivity contribution in [1.29, 1.82) is 0 Å². The zero-order valence-corrected chi connectivity index (χ0v) is 10.3. The van der Waals surface area contributed by atoms with Gasteiger partial charge in [0.2, 0.25) is 0 Å². The summed E-state index contributed by atoms with van der Waals surface area (Å²) in [6.45, 7) is 1.93. The van der Waals surface area contributed by atoms with E-state index in [0.29, 0.717) is 5.69 Å². The van der Waals surface area contributed by atoms with Crippen LogP contribution in [0.3, 0.4) is 0 Å². The number of hydrogen-bond donors (Lipinski definition) is 4. The molecule has 0 radical (unpaired) electrons. The third kappa shape index (κ3) is 2.66. The fourth-order valence-electron chi connectivity index (χ4n) is 1.55. The highest BCUT2D eigenvalue weighted by atomic mass is 32.1. The van der Waals surface area contributed by atoms with Gasteiger partial charge in [0.25, 0.3) is 0 Å². The summed E-state index contributed by atoms with van der Waals surface area (Å²) in [6, 6.07) is 3.73.